The Morgan fingerprint density at radius 3 is 1.96 bits per heavy atom. The van der Waals surface area contributed by atoms with Gasteiger partial charge in [0.15, 0.2) is 0 Å². The Hall–Kier alpha value is -2.01. The molecule has 0 bridgehead atoms. The molecular weight excluding hydrogens is 386 g/mol. The van der Waals surface area contributed by atoms with Crippen molar-refractivity contribution >= 4 is 15.9 Å². The first-order valence-corrected chi connectivity index (χ1v) is 9.59. The molecule has 0 unspecified atom stereocenters. The van der Waals surface area contributed by atoms with E-state index in [1.54, 1.807) is 0 Å². The van der Waals surface area contributed by atoms with E-state index in [1.807, 2.05) is 13.0 Å². The van der Waals surface area contributed by atoms with Crippen LogP contribution in [0.3, 0.4) is 0 Å². The maximum atomic E-state index is 5.71. The lowest BCUT2D eigenvalue weighted by Crippen LogP contribution is -2.23. The minimum atomic E-state index is 0.579. The van der Waals surface area contributed by atoms with Gasteiger partial charge in [-0.1, -0.05) is 58.4 Å². The topological polar surface area (TPSA) is 42.1 Å². The van der Waals surface area contributed by atoms with E-state index in [9.17, 15) is 0 Å². The average Bonchev–Trinajstić information content (AvgIpc) is 2.64. The third-order valence-corrected chi connectivity index (χ3v) is 4.84. The standard InChI is InChI=1S/C22H24BrN3/c1-17-3-2-4-22(25-17)16-26(15-20-9-11-21(23)12-10-20)14-19-7-5-18(13-24)6-8-19/h2-12H,13-16,24H2,1H3. The molecule has 3 aromatic rings. The van der Waals surface area contributed by atoms with Gasteiger partial charge >= 0.3 is 0 Å². The third-order valence-electron chi connectivity index (χ3n) is 4.32. The summed E-state index contributed by atoms with van der Waals surface area (Å²) in [6, 6.07) is 23.3. The minimum Gasteiger partial charge on any atom is -0.326 e. The number of aryl methyl sites for hydroxylation is 1. The van der Waals surface area contributed by atoms with Crippen molar-refractivity contribution in [2.75, 3.05) is 0 Å². The quantitative estimate of drug-likeness (QED) is 0.608. The second-order valence-corrected chi connectivity index (χ2v) is 7.48. The van der Waals surface area contributed by atoms with Crippen molar-refractivity contribution in [2.24, 2.45) is 5.73 Å². The van der Waals surface area contributed by atoms with Gasteiger partial charge < -0.3 is 5.73 Å². The first-order chi connectivity index (χ1) is 12.6. The van der Waals surface area contributed by atoms with Crippen molar-refractivity contribution in [2.45, 2.75) is 33.1 Å². The fourth-order valence-corrected chi connectivity index (χ4v) is 3.24. The highest BCUT2D eigenvalue weighted by atomic mass is 79.9. The maximum Gasteiger partial charge on any atom is 0.0547 e. The number of hydrogen-bond acceptors (Lipinski definition) is 3. The van der Waals surface area contributed by atoms with E-state index in [4.69, 9.17) is 5.73 Å². The lowest BCUT2D eigenvalue weighted by Gasteiger charge is -2.23. The van der Waals surface area contributed by atoms with Crippen LogP contribution in [-0.4, -0.2) is 9.88 Å². The number of pyridine rings is 1. The van der Waals surface area contributed by atoms with Crippen molar-refractivity contribution in [3.8, 4) is 0 Å². The molecule has 0 amide bonds. The summed E-state index contributed by atoms with van der Waals surface area (Å²) < 4.78 is 1.10. The first-order valence-electron chi connectivity index (χ1n) is 8.79. The van der Waals surface area contributed by atoms with Crippen LogP contribution in [0.25, 0.3) is 0 Å². The van der Waals surface area contributed by atoms with Crippen molar-refractivity contribution < 1.29 is 0 Å². The zero-order valence-corrected chi connectivity index (χ0v) is 16.6. The summed E-state index contributed by atoms with van der Waals surface area (Å²) in [6.07, 6.45) is 0. The van der Waals surface area contributed by atoms with Crippen LogP contribution in [0.5, 0.6) is 0 Å². The van der Waals surface area contributed by atoms with Crippen molar-refractivity contribution in [3.63, 3.8) is 0 Å². The van der Waals surface area contributed by atoms with Crippen molar-refractivity contribution in [3.05, 3.63) is 99.3 Å². The van der Waals surface area contributed by atoms with Crippen LogP contribution < -0.4 is 5.73 Å². The SMILES string of the molecule is Cc1cccc(CN(Cc2ccc(Br)cc2)Cc2ccc(CN)cc2)n1. The monoisotopic (exact) mass is 409 g/mol. The predicted molar refractivity (Wildman–Crippen MR) is 110 cm³/mol. The third kappa shape index (κ3) is 5.49. The number of halogens is 1. The zero-order chi connectivity index (χ0) is 18.4. The van der Waals surface area contributed by atoms with E-state index in [2.05, 4.69) is 86.5 Å². The van der Waals surface area contributed by atoms with E-state index in [1.165, 1.54) is 11.1 Å². The minimum absolute atomic E-state index is 0.579. The molecule has 0 aliphatic heterocycles. The molecule has 0 saturated carbocycles. The van der Waals surface area contributed by atoms with Gasteiger partial charge in [0.1, 0.15) is 0 Å². The molecule has 0 spiro atoms. The van der Waals surface area contributed by atoms with E-state index >= 15 is 0 Å². The summed E-state index contributed by atoms with van der Waals surface area (Å²) in [6.45, 7) is 5.18. The highest BCUT2D eigenvalue weighted by molar-refractivity contribution is 9.10. The molecule has 0 aliphatic rings. The molecule has 0 saturated heterocycles. The molecule has 2 aromatic carbocycles. The van der Waals surface area contributed by atoms with E-state index in [0.29, 0.717) is 6.54 Å². The Bertz CT molecular complexity index is 829. The summed E-state index contributed by atoms with van der Waals surface area (Å²) in [5.41, 5.74) is 11.6. The molecule has 0 fully saturated rings. The van der Waals surface area contributed by atoms with Gasteiger partial charge in [0.2, 0.25) is 0 Å². The predicted octanol–water partition coefficient (Wildman–Crippen LogP) is 4.81. The van der Waals surface area contributed by atoms with Crippen LogP contribution in [0.2, 0.25) is 0 Å². The van der Waals surface area contributed by atoms with E-state index in [-0.39, 0.29) is 0 Å². The van der Waals surface area contributed by atoms with E-state index in [0.717, 1.165) is 41.1 Å². The van der Waals surface area contributed by atoms with Crippen LogP contribution >= 0.6 is 15.9 Å². The number of rotatable bonds is 7. The molecule has 134 valence electrons. The van der Waals surface area contributed by atoms with E-state index < -0.39 is 0 Å². The number of hydrogen-bond donors (Lipinski definition) is 1. The van der Waals surface area contributed by atoms with Gasteiger partial charge in [-0.2, -0.15) is 0 Å². The summed E-state index contributed by atoms with van der Waals surface area (Å²) in [7, 11) is 0. The zero-order valence-electron chi connectivity index (χ0n) is 15.0. The highest BCUT2D eigenvalue weighted by Crippen LogP contribution is 2.16. The van der Waals surface area contributed by atoms with Gasteiger partial charge in [-0.15, -0.1) is 0 Å². The molecule has 3 nitrogen and oxygen atoms in total. The fourth-order valence-electron chi connectivity index (χ4n) is 2.97. The number of nitrogens with two attached hydrogens (primary N) is 1. The van der Waals surface area contributed by atoms with Gasteiger partial charge in [-0.05, 0) is 47.9 Å². The lowest BCUT2D eigenvalue weighted by molar-refractivity contribution is 0.244. The van der Waals surface area contributed by atoms with Gasteiger partial charge in [-0.25, -0.2) is 0 Å². The van der Waals surface area contributed by atoms with Gasteiger partial charge in [-0.3, -0.25) is 9.88 Å². The molecule has 3 rings (SSSR count). The second kappa shape index (κ2) is 9.08. The van der Waals surface area contributed by atoms with Gasteiger partial charge in [0.05, 0.1) is 5.69 Å². The number of benzene rings is 2. The van der Waals surface area contributed by atoms with Crippen molar-refractivity contribution in [1.29, 1.82) is 0 Å². The molecule has 1 aromatic heterocycles. The lowest BCUT2D eigenvalue weighted by atomic mass is 10.1. The summed E-state index contributed by atoms with van der Waals surface area (Å²) in [5, 5.41) is 0. The molecule has 4 heteroatoms. The normalized spacial score (nSPS) is 11.1. The molecule has 0 aliphatic carbocycles. The Balaban J connectivity index is 1.78. The Morgan fingerprint density at radius 1 is 0.808 bits per heavy atom. The maximum absolute atomic E-state index is 5.71. The van der Waals surface area contributed by atoms with Crippen LogP contribution in [0.4, 0.5) is 0 Å². The summed E-state index contributed by atoms with van der Waals surface area (Å²) in [5.74, 6) is 0. The Morgan fingerprint density at radius 2 is 1.38 bits per heavy atom. The van der Waals surface area contributed by atoms with Crippen LogP contribution in [0, 0.1) is 6.92 Å². The van der Waals surface area contributed by atoms with Crippen LogP contribution in [0.1, 0.15) is 28.1 Å². The van der Waals surface area contributed by atoms with Crippen molar-refractivity contribution in [1.82, 2.24) is 9.88 Å². The fraction of sp³-hybridized carbons (Fsp3) is 0.227. The Labute approximate surface area is 164 Å². The van der Waals surface area contributed by atoms with Gasteiger partial charge in [0, 0.05) is 36.3 Å². The summed E-state index contributed by atoms with van der Waals surface area (Å²) >= 11 is 3.51. The van der Waals surface area contributed by atoms with Crippen LogP contribution in [-0.2, 0) is 26.2 Å². The molecule has 26 heavy (non-hydrogen) atoms. The first kappa shape index (κ1) is 18.8. The largest absolute Gasteiger partial charge is 0.326 e. The molecular formula is C22H24BrN3. The Kier molecular flexibility index (Phi) is 6.56. The second-order valence-electron chi connectivity index (χ2n) is 6.56. The van der Waals surface area contributed by atoms with Crippen LogP contribution in [0.15, 0.2) is 71.2 Å². The molecule has 0 radical (unpaired) electrons. The molecule has 1 heterocycles. The average molecular weight is 410 g/mol. The molecule has 2 N–H and O–H groups in total. The number of aromatic nitrogens is 1. The highest BCUT2D eigenvalue weighted by Gasteiger charge is 2.10. The smallest absolute Gasteiger partial charge is 0.0547 e. The van der Waals surface area contributed by atoms with Gasteiger partial charge in [0.25, 0.3) is 0 Å². The molecule has 0 atom stereocenters. The number of nitrogens with zero attached hydrogens (tertiary/aromatic N) is 2. The summed E-state index contributed by atoms with van der Waals surface area (Å²) in [4.78, 5) is 7.09.